The maximum absolute atomic E-state index is 10.00. The maximum Gasteiger partial charge on any atom is 0.0945 e. The van der Waals surface area contributed by atoms with Crippen molar-refractivity contribution in [1.29, 1.82) is 0 Å². The molecule has 20 heavy (non-hydrogen) atoms. The second kappa shape index (κ2) is 7.50. The Balaban J connectivity index is 1.76. The summed E-state index contributed by atoms with van der Waals surface area (Å²) in [5.41, 5.74) is 2.16. The molecule has 0 saturated heterocycles. The summed E-state index contributed by atoms with van der Waals surface area (Å²) >= 11 is 0. The topological polar surface area (TPSA) is 44.7 Å². The summed E-state index contributed by atoms with van der Waals surface area (Å²) in [4.78, 5) is 2.06. The Morgan fingerprint density at radius 2 is 2.00 bits per heavy atom. The Morgan fingerprint density at radius 3 is 2.70 bits per heavy atom. The van der Waals surface area contributed by atoms with E-state index in [0.717, 1.165) is 24.2 Å². The third-order valence-corrected chi connectivity index (χ3v) is 3.74. The van der Waals surface area contributed by atoms with Crippen molar-refractivity contribution in [2.24, 2.45) is 0 Å². The van der Waals surface area contributed by atoms with Crippen LogP contribution in [0.3, 0.4) is 0 Å². The van der Waals surface area contributed by atoms with E-state index in [1.807, 2.05) is 32.3 Å². The van der Waals surface area contributed by atoms with E-state index in [1.165, 1.54) is 12.8 Å². The van der Waals surface area contributed by atoms with E-state index in [0.29, 0.717) is 19.3 Å². The minimum absolute atomic E-state index is 0.360. The molecule has 4 heteroatoms. The van der Waals surface area contributed by atoms with Gasteiger partial charge in [-0.3, -0.25) is 0 Å². The van der Waals surface area contributed by atoms with Crippen LogP contribution in [0.1, 0.15) is 25.7 Å². The number of hydrogen-bond acceptors (Lipinski definition) is 4. The number of aliphatic hydroxyl groups is 1. The highest BCUT2D eigenvalue weighted by molar-refractivity contribution is 5.69. The van der Waals surface area contributed by atoms with E-state index in [9.17, 15) is 5.11 Å². The molecule has 2 N–H and O–H groups in total. The van der Waals surface area contributed by atoms with Crippen LogP contribution in [-0.4, -0.2) is 44.6 Å². The summed E-state index contributed by atoms with van der Waals surface area (Å²) in [6.45, 7) is 0.930. The van der Waals surface area contributed by atoms with Gasteiger partial charge in [-0.2, -0.15) is 0 Å². The fraction of sp³-hybridized carbons (Fsp3) is 0.625. The highest BCUT2D eigenvalue weighted by Crippen LogP contribution is 2.23. The van der Waals surface area contributed by atoms with Crippen LogP contribution in [0.2, 0.25) is 0 Å². The molecule has 0 heterocycles. The lowest BCUT2D eigenvalue weighted by Crippen LogP contribution is -2.27. The predicted molar refractivity (Wildman–Crippen MR) is 83.5 cm³/mol. The largest absolute Gasteiger partial charge is 0.389 e. The molecule has 1 atom stereocenters. The van der Waals surface area contributed by atoms with Crippen molar-refractivity contribution < 1.29 is 9.84 Å². The summed E-state index contributed by atoms with van der Waals surface area (Å²) in [7, 11) is 4.03. The minimum atomic E-state index is -0.467. The molecule has 1 aliphatic rings. The highest BCUT2D eigenvalue weighted by Gasteiger charge is 2.17. The smallest absolute Gasteiger partial charge is 0.0945 e. The second-order valence-electron chi connectivity index (χ2n) is 5.69. The molecule has 1 unspecified atom stereocenters. The minimum Gasteiger partial charge on any atom is -0.389 e. The SMILES string of the molecule is CN(C)c1ccccc1NCC(O)COC1CCCC1. The van der Waals surface area contributed by atoms with Crippen LogP contribution >= 0.6 is 0 Å². The van der Waals surface area contributed by atoms with Gasteiger partial charge < -0.3 is 20.1 Å². The molecular formula is C16H26N2O2. The third kappa shape index (κ3) is 4.39. The summed E-state index contributed by atoms with van der Waals surface area (Å²) in [5, 5.41) is 13.3. The number of ether oxygens (including phenoxy) is 1. The van der Waals surface area contributed by atoms with E-state index in [1.54, 1.807) is 0 Å². The third-order valence-electron chi connectivity index (χ3n) is 3.74. The molecule has 4 nitrogen and oxygen atoms in total. The number of rotatable bonds is 7. The Hall–Kier alpha value is -1.26. The fourth-order valence-electron chi connectivity index (χ4n) is 2.60. The molecule has 1 aliphatic carbocycles. The first kappa shape index (κ1) is 15.1. The van der Waals surface area contributed by atoms with E-state index >= 15 is 0 Å². The molecule has 0 spiro atoms. The summed E-state index contributed by atoms with van der Waals surface area (Å²) in [5.74, 6) is 0. The van der Waals surface area contributed by atoms with Crippen LogP contribution in [0.4, 0.5) is 11.4 Å². The summed E-state index contributed by atoms with van der Waals surface area (Å²) in [6.07, 6.45) is 4.70. The van der Waals surface area contributed by atoms with Gasteiger partial charge in [-0.15, -0.1) is 0 Å². The van der Waals surface area contributed by atoms with Gasteiger partial charge in [-0.1, -0.05) is 25.0 Å². The zero-order chi connectivity index (χ0) is 14.4. The van der Waals surface area contributed by atoms with Crippen molar-refractivity contribution in [3.63, 3.8) is 0 Å². The average molecular weight is 278 g/mol. The van der Waals surface area contributed by atoms with Gasteiger partial charge in [-0.25, -0.2) is 0 Å². The number of nitrogens with one attached hydrogen (secondary N) is 1. The lowest BCUT2D eigenvalue weighted by molar-refractivity contribution is -0.00116. The van der Waals surface area contributed by atoms with Gasteiger partial charge >= 0.3 is 0 Å². The highest BCUT2D eigenvalue weighted by atomic mass is 16.5. The Morgan fingerprint density at radius 1 is 1.30 bits per heavy atom. The van der Waals surface area contributed by atoms with Gasteiger partial charge in [0.05, 0.1) is 30.2 Å². The molecule has 0 radical (unpaired) electrons. The zero-order valence-electron chi connectivity index (χ0n) is 12.5. The van der Waals surface area contributed by atoms with Gasteiger partial charge in [0.2, 0.25) is 0 Å². The van der Waals surface area contributed by atoms with Crippen LogP contribution in [0.5, 0.6) is 0 Å². The monoisotopic (exact) mass is 278 g/mol. The molecule has 112 valence electrons. The van der Waals surface area contributed by atoms with Gasteiger partial charge in [0.15, 0.2) is 0 Å². The number of anilines is 2. The van der Waals surface area contributed by atoms with Crippen molar-refractivity contribution in [3.8, 4) is 0 Å². The molecule has 0 bridgehead atoms. The average Bonchev–Trinajstić information content (AvgIpc) is 2.96. The van der Waals surface area contributed by atoms with Gasteiger partial charge in [0.25, 0.3) is 0 Å². The summed E-state index contributed by atoms with van der Waals surface area (Å²) < 4.78 is 5.73. The summed E-state index contributed by atoms with van der Waals surface area (Å²) in [6, 6.07) is 8.10. The Labute approximate surface area is 121 Å². The number of para-hydroxylation sites is 2. The number of aliphatic hydroxyl groups excluding tert-OH is 1. The van der Waals surface area contributed by atoms with Gasteiger partial charge in [0, 0.05) is 20.6 Å². The van der Waals surface area contributed by atoms with E-state index < -0.39 is 6.10 Å². The molecule has 2 rings (SSSR count). The first-order chi connectivity index (χ1) is 9.66. The molecule has 1 saturated carbocycles. The molecule has 0 aliphatic heterocycles. The maximum atomic E-state index is 10.00. The normalized spacial score (nSPS) is 17.1. The molecule has 0 amide bonds. The van der Waals surface area contributed by atoms with Crippen LogP contribution in [0, 0.1) is 0 Å². The Bertz CT molecular complexity index is 403. The lowest BCUT2D eigenvalue weighted by atomic mass is 10.2. The van der Waals surface area contributed by atoms with Crippen molar-refractivity contribution >= 4 is 11.4 Å². The van der Waals surface area contributed by atoms with E-state index in [4.69, 9.17) is 4.74 Å². The van der Waals surface area contributed by atoms with Crippen LogP contribution in [0.15, 0.2) is 24.3 Å². The van der Waals surface area contributed by atoms with Crippen LogP contribution < -0.4 is 10.2 Å². The lowest BCUT2D eigenvalue weighted by Gasteiger charge is -2.20. The van der Waals surface area contributed by atoms with Crippen LogP contribution in [0.25, 0.3) is 0 Å². The van der Waals surface area contributed by atoms with Crippen molar-refractivity contribution in [3.05, 3.63) is 24.3 Å². The van der Waals surface area contributed by atoms with Crippen molar-refractivity contribution in [2.75, 3.05) is 37.5 Å². The molecule has 0 aromatic heterocycles. The van der Waals surface area contributed by atoms with Gasteiger partial charge in [0.1, 0.15) is 0 Å². The molecule has 1 aromatic rings. The molecular weight excluding hydrogens is 252 g/mol. The van der Waals surface area contributed by atoms with Crippen molar-refractivity contribution in [1.82, 2.24) is 0 Å². The fourth-order valence-corrected chi connectivity index (χ4v) is 2.60. The second-order valence-corrected chi connectivity index (χ2v) is 5.69. The van der Waals surface area contributed by atoms with E-state index in [-0.39, 0.29) is 0 Å². The first-order valence-corrected chi connectivity index (χ1v) is 7.46. The first-order valence-electron chi connectivity index (χ1n) is 7.46. The van der Waals surface area contributed by atoms with Crippen molar-refractivity contribution in [2.45, 2.75) is 37.9 Å². The van der Waals surface area contributed by atoms with Gasteiger partial charge in [-0.05, 0) is 25.0 Å². The number of hydrogen-bond donors (Lipinski definition) is 2. The predicted octanol–water partition coefficient (Wildman–Crippen LogP) is 2.48. The van der Waals surface area contributed by atoms with Crippen LogP contribution in [-0.2, 0) is 4.74 Å². The van der Waals surface area contributed by atoms with E-state index in [2.05, 4.69) is 16.3 Å². The molecule has 1 fully saturated rings. The number of benzene rings is 1. The quantitative estimate of drug-likeness (QED) is 0.804. The standard InChI is InChI=1S/C16H26N2O2/c1-18(2)16-10-6-5-9-15(16)17-11-13(19)12-20-14-7-3-4-8-14/h5-6,9-10,13-14,17,19H,3-4,7-8,11-12H2,1-2H3. The zero-order valence-corrected chi connectivity index (χ0v) is 12.5. The number of nitrogens with zero attached hydrogens (tertiary/aromatic N) is 1. The molecule has 1 aromatic carbocycles. The Kier molecular flexibility index (Phi) is 5.68.